The molecule has 124 valence electrons. The van der Waals surface area contributed by atoms with Crippen LogP contribution in [0, 0.1) is 0 Å². The fourth-order valence-corrected chi connectivity index (χ4v) is 3.18. The third-order valence-electron chi connectivity index (χ3n) is 4.45. The van der Waals surface area contributed by atoms with E-state index in [1.54, 1.807) is 0 Å². The van der Waals surface area contributed by atoms with Crippen LogP contribution in [0.15, 0.2) is 24.3 Å². The van der Waals surface area contributed by atoms with Gasteiger partial charge in [0.1, 0.15) is 0 Å². The normalized spacial score (nSPS) is 24.4. The Hall–Kier alpha value is -2.08. The Balaban J connectivity index is 1.62. The van der Waals surface area contributed by atoms with E-state index in [-0.39, 0.29) is 23.8 Å². The molecule has 1 aromatic carbocycles. The van der Waals surface area contributed by atoms with Gasteiger partial charge in [0.25, 0.3) is 0 Å². The molecule has 1 unspecified atom stereocenters. The van der Waals surface area contributed by atoms with E-state index in [1.807, 2.05) is 12.1 Å². The van der Waals surface area contributed by atoms with E-state index in [9.17, 15) is 9.59 Å². The summed E-state index contributed by atoms with van der Waals surface area (Å²) in [7, 11) is 0. The van der Waals surface area contributed by atoms with Crippen LogP contribution in [0.4, 0.5) is 5.69 Å². The molecule has 3 rings (SSSR count). The Kier molecular flexibility index (Phi) is 4.81. The topological polar surface area (TPSA) is 70.7 Å². The molecule has 0 bridgehead atoms. The SMILES string of the molecule is CC(=O)NCC1C[C@@H](c2ccc(N3CCOCC3)cc2)C(=O)N1. The molecule has 2 amide bonds. The molecule has 2 N–H and O–H groups in total. The zero-order valence-corrected chi connectivity index (χ0v) is 13.4. The van der Waals surface area contributed by atoms with Gasteiger partial charge < -0.3 is 20.3 Å². The van der Waals surface area contributed by atoms with Crippen molar-refractivity contribution in [1.29, 1.82) is 0 Å². The molecule has 1 aromatic rings. The molecule has 6 nitrogen and oxygen atoms in total. The summed E-state index contributed by atoms with van der Waals surface area (Å²) in [4.78, 5) is 25.4. The highest BCUT2D eigenvalue weighted by Crippen LogP contribution is 2.28. The standard InChI is InChI=1S/C17H23N3O3/c1-12(21)18-11-14-10-16(17(22)19-14)13-2-4-15(5-3-13)20-6-8-23-9-7-20/h2-5,14,16H,6-11H2,1H3,(H,18,21)(H,19,22)/t14?,16-/m0/s1. The molecule has 2 fully saturated rings. The zero-order valence-electron chi connectivity index (χ0n) is 13.4. The third-order valence-corrected chi connectivity index (χ3v) is 4.45. The van der Waals surface area contributed by atoms with Gasteiger partial charge >= 0.3 is 0 Å². The number of nitrogens with one attached hydrogen (secondary N) is 2. The van der Waals surface area contributed by atoms with E-state index in [0.717, 1.165) is 38.3 Å². The number of anilines is 1. The minimum Gasteiger partial charge on any atom is -0.378 e. The number of amides is 2. The van der Waals surface area contributed by atoms with Crippen molar-refractivity contribution in [3.8, 4) is 0 Å². The van der Waals surface area contributed by atoms with Gasteiger partial charge in [-0.25, -0.2) is 0 Å². The molecular weight excluding hydrogens is 294 g/mol. The average molecular weight is 317 g/mol. The highest BCUT2D eigenvalue weighted by Gasteiger charge is 2.33. The van der Waals surface area contributed by atoms with Crippen molar-refractivity contribution in [3.63, 3.8) is 0 Å². The molecule has 2 aliphatic rings. The van der Waals surface area contributed by atoms with Crippen LogP contribution in [-0.2, 0) is 14.3 Å². The van der Waals surface area contributed by atoms with Crippen molar-refractivity contribution in [3.05, 3.63) is 29.8 Å². The molecule has 6 heteroatoms. The Morgan fingerprint density at radius 3 is 2.65 bits per heavy atom. The van der Waals surface area contributed by atoms with Crippen LogP contribution in [0.2, 0.25) is 0 Å². The van der Waals surface area contributed by atoms with Gasteiger partial charge in [-0.15, -0.1) is 0 Å². The molecule has 0 saturated carbocycles. The van der Waals surface area contributed by atoms with Crippen molar-refractivity contribution >= 4 is 17.5 Å². The Bertz CT molecular complexity index is 567. The Morgan fingerprint density at radius 2 is 2.00 bits per heavy atom. The molecule has 2 aliphatic heterocycles. The first-order valence-corrected chi connectivity index (χ1v) is 8.11. The van der Waals surface area contributed by atoms with Gasteiger partial charge in [0, 0.05) is 38.3 Å². The molecule has 2 atom stereocenters. The van der Waals surface area contributed by atoms with Crippen molar-refractivity contribution in [1.82, 2.24) is 10.6 Å². The van der Waals surface area contributed by atoms with Crippen LogP contribution in [-0.4, -0.2) is 50.7 Å². The number of hydrogen-bond acceptors (Lipinski definition) is 4. The van der Waals surface area contributed by atoms with Crippen LogP contribution < -0.4 is 15.5 Å². The van der Waals surface area contributed by atoms with E-state index in [0.29, 0.717) is 6.54 Å². The van der Waals surface area contributed by atoms with Gasteiger partial charge in [-0.1, -0.05) is 12.1 Å². The fourth-order valence-electron chi connectivity index (χ4n) is 3.18. The number of rotatable bonds is 4. The van der Waals surface area contributed by atoms with Crippen molar-refractivity contribution < 1.29 is 14.3 Å². The Morgan fingerprint density at radius 1 is 1.30 bits per heavy atom. The molecule has 2 heterocycles. The lowest BCUT2D eigenvalue weighted by Gasteiger charge is -2.29. The highest BCUT2D eigenvalue weighted by molar-refractivity contribution is 5.86. The molecule has 23 heavy (non-hydrogen) atoms. The number of carbonyl (C=O) groups excluding carboxylic acids is 2. The number of nitrogens with zero attached hydrogens (tertiary/aromatic N) is 1. The van der Waals surface area contributed by atoms with E-state index in [2.05, 4.69) is 27.7 Å². The summed E-state index contributed by atoms with van der Waals surface area (Å²) in [6, 6.07) is 8.24. The van der Waals surface area contributed by atoms with Crippen LogP contribution in [0.5, 0.6) is 0 Å². The predicted octanol–water partition coefficient (Wildman–Crippen LogP) is 0.631. The lowest BCUT2D eigenvalue weighted by molar-refractivity contribution is -0.121. The second-order valence-electron chi connectivity index (χ2n) is 6.12. The summed E-state index contributed by atoms with van der Waals surface area (Å²) in [6.45, 7) is 5.31. The summed E-state index contributed by atoms with van der Waals surface area (Å²) in [5.74, 6) is -0.162. The molecule has 0 radical (unpaired) electrons. The first-order chi connectivity index (χ1) is 11.1. The lowest BCUT2D eigenvalue weighted by atomic mass is 9.95. The third kappa shape index (κ3) is 3.82. The minimum absolute atomic E-state index is 0.00956. The number of ether oxygens (including phenoxy) is 1. The van der Waals surface area contributed by atoms with Crippen molar-refractivity contribution in [2.24, 2.45) is 0 Å². The maximum absolute atomic E-state index is 12.2. The van der Waals surface area contributed by atoms with E-state index < -0.39 is 0 Å². The highest BCUT2D eigenvalue weighted by atomic mass is 16.5. The van der Waals surface area contributed by atoms with Gasteiger partial charge in [0.15, 0.2) is 0 Å². The first-order valence-electron chi connectivity index (χ1n) is 8.11. The van der Waals surface area contributed by atoms with E-state index >= 15 is 0 Å². The monoisotopic (exact) mass is 317 g/mol. The largest absolute Gasteiger partial charge is 0.378 e. The molecule has 0 aliphatic carbocycles. The smallest absolute Gasteiger partial charge is 0.227 e. The number of morpholine rings is 1. The Labute approximate surface area is 136 Å². The van der Waals surface area contributed by atoms with Crippen LogP contribution >= 0.6 is 0 Å². The van der Waals surface area contributed by atoms with Crippen molar-refractivity contribution in [2.75, 3.05) is 37.7 Å². The second kappa shape index (κ2) is 7.00. The first kappa shape index (κ1) is 15.8. The van der Waals surface area contributed by atoms with Gasteiger partial charge in [-0.05, 0) is 24.1 Å². The lowest BCUT2D eigenvalue weighted by Crippen LogP contribution is -2.37. The summed E-state index contributed by atoms with van der Waals surface area (Å²) in [5.41, 5.74) is 2.20. The second-order valence-corrected chi connectivity index (χ2v) is 6.12. The summed E-state index contributed by atoms with van der Waals surface area (Å²) < 4.78 is 5.37. The van der Waals surface area contributed by atoms with Crippen LogP contribution in [0.3, 0.4) is 0 Å². The summed E-state index contributed by atoms with van der Waals surface area (Å²) in [6.07, 6.45) is 0.718. The van der Waals surface area contributed by atoms with Crippen molar-refractivity contribution in [2.45, 2.75) is 25.3 Å². The average Bonchev–Trinajstić information content (AvgIpc) is 2.95. The van der Waals surface area contributed by atoms with Crippen LogP contribution in [0.1, 0.15) is 24.8 Å². The maximum Gasteiger partial charge on any atom is 0.227 e. The maximum atomic E-state index is 12.2. The number of benzene rings is 1. The van der Waals surface area contributed by atoms with Gasteiger partial charge in [0.2, 0.25) is 11.8 Å². The van der Waals surface area contributed by atoms with Crippen LogP contribution in [0.25, 0.3) is 0 Å². The van der Waals surface area contributed by atoms with E-state index in [4.69, 9.17) is 4.74 Å². The molecular formula is C17H23N3O3. The van der Waals surface area contributed by atoms with Gasteiger partial charge in [-0.2, -0.15) is 0 Å². The van der Waals surface area contributed by atoms with Gasteiger partial charge in [0.05, 0.1) is 19.1 Å². The fraction of sp³-hybridized carbons (Fsp3) is 0.529. The quantitative estimate of drug-likeness (QED) is 0.855. The molecule has 0 spiro atoms. The summed E-state index contributed by atoms with van der Waals surface area (Å²) in [5, 5.41) is 5.72. The van der Waals surface area contributed by atoms with Gasteiger partial charge in [-0.3, -0.25) is 9.59 Å². The minimum atomic E-state index is -0.132. The predicted molar refractivity (Wildman–Crippen MR) is 87.4 cm³/mol. The molecule has 0 aromatic heterocycles. The molecule has 2 saturated heterocycles. The van der Waals surface area contributed by atoms with E-state index in [1.165, 1.54) is 12.6 Å². The zero-order chi connectivity index (χ0) is 16.2. The summed E-state index contributed by atoms with van der Waals surface area (Å²) >= 11 is 0. The number of carbonyl (C=O) groups is 2. The number of hydrogen-bond donors (Lipinski definition) is 2.